The Kier molecular flexibility index (Phi) is 4.18. The van der Waals surface area contributed by atoms with Gasteiger partial charge in [0.25, 0.3) is 0 Å². The Morgan fingerprint density at radius 2 is 1.88 bits per heavy atom. The van der Waals surface area contributed by atoms with Crippen LogP contribution in [0.4, 0.5) is 4.39 Å². The fourth-order valence-electron chi connectivity index (χ4n) is 1.32. The van der Waals surface area contributed by atoms with Gasteiger partial charge < -0.3 is 0 Å². The summed E-state index contributed by atoms with van der Waals surface area (Å²) in [5, 5.41) is 0. The molecule has 0 fully saturated rings. The lowest BCUT2D eigenvalue weighted by Gasteiger charge is -2.03. The summed E-state index contributed by atoms with van der Waals surface area (Å²) in [6, 6.07) is 6.13. The number of halogens is 4. The van der Waals surface area contributed by atoms with Gasteiger partial charge in [-0.2, -0.15) is 0 Å². The minimum atomic E-state index is -0.443. The molecule has 6 heteroatoms. The van der Waals surface area contributed by atoms with Crippen molar-refractivity contribution in [3.8, 4) is 0 Å². The number of carbonyl (C=O) groups excluding carboxylic acids is 1. The zero-order valence-electron chi connectivity index (χ0n) is 8.14. The molecular weight excluding hydrogens is 439 g/mol. The second-order valence-electron chi connectivity index (χ2n) is 3.17. The molecule has 0 aliphatic heterocycles. The number of carbonyl (C=O) groups is 1. The molecule has 0 spiro atoms. The SMILES string of the molecule is O=C(c1cc(Br)sc1Br)c1cccc(F)c1Br. The standard InChI is InChI=1S/C11H4Br3FOS/c12-8-4-6(11(14)17-8)10(16)5-2-1-3-7(15)9(5)13/h1-4H. The highest BCUT2D eigenvalue weighted by Gasteiger charge is 2.19. The quantitative estimate of drug-likeness (QED) is 0.569. The Labute approximate surface area is 126 Å². The summed E-state index contributed by atoms with van der Waals surface area (Å²) < 4.78 is 15.1. The predicted octanol–water partition coefficient (Wildman–Crippen LogP) is 5.41. The van der Waals surface area contributed by atoms with Crippen LogP contribution in [0, 0.1) is 5.82 Å². The van der Waals surface area contributed by atoms with Crippen molar-refractivity contribution >= 4 is 64.9 Å². The van der Waals surface area contributed by atoms with Crippen molar-refractivity contribution in [2.24, 2.45) is 0 Å². The summed E-state index contributed by atoms with van der Waals surface area (Å²) in [6.45, 7) is 0. The third-order valence-corrected chi connectivity index (χ3v) is 5.24. The van der Waals surface area contributed by atoms with E-state index in [-0.39, 0.29) is 10.3 Å². The van der Waals surface area contributed by atoms with Crippen LogP contribution in [0.15, 0.2) is 36.3 Å². The van der Waals surface area contributed by atoms with E-state index in [1.807, 2.05) is 0 Å². The summed E-state index contributed by atoms with van der Waals surface area (Å²) in [7, 11) is 0. The van der Waals surface area contributed by atoms with E-state index in [0.717, 1.165) is 7.57 Å². The Hall–Kier alpha value is -0.0400. The molecule has 17 heavy (non-hydrogen) atoms. The lowest BCUT2D eigenvalue weighted by molar-refractivity contribution is 0.103. The zero-order chi connectivity index (χ0) is 12.6. The lowest BCUT2D eigenvalue weighted by atomic mass is 10.1. The van der Waals surface area contributed by atoms with Crippen LogP contribution >= 0.6 is 59.1 Å². The number of benzene rings is 1. The van der Waals surface area contributed by atoms with Crippen LogP contribution in [0.25, 0.3) is 0 Å². The number of thiophene rings is 1. The van der Waals surface area contributed by atoms with E-state index in [1.165, 1.54) is 23.5 Å². The maximum absolute atomic E-state index is 13.3. The number of hydrogen-bond acceptors (Lipinski definition) is 2. The van der Waals surface area contributed by atoms with Crippen molar-refractivity contribution in [2.45, 2.75) is 0 Å². The number of rotatable bonds is 2. The molecule has 88 valence electrons. The average Bonchev–Trinajstić information content (AvgIpc) is 2.61. The van der Waals surface area contributed by atoms with Gasteiger partial charge in [0.15, 0.2) is 5.78 Å². The van der Waals surface area contributed by atoms with E-state index >= 15 is 0 Å². The van der Waals surface area contributed by atoms with E-state index < -0.39 is 5.82 Å². The van der Waals surface area contributed by atoms with Gasteiger partial charge in [-0.05, 0) is 66.0 Å². The molecule has 2 aromatic rings. The van der Waals surface area contributed by atoms with Crippen LogP contribution in [-0.2, 0) is 0 Å². The predicted molar refractivity (Wildman–Crippen MR) is 77.3 cm³/mol. The summed E-state index contributed by atoms with van der Waals surface area (Å²) in [6.07, 6.45) is 0. The molecule has 0 saturated carbocycles. The molecule has 0 atom stereocenters. The van der Waals surface area contributed by atoms with Crippen LogP contribution in [0.2, 0.25) is 0 Å². The molecule has 1 nitrogen and oxygen atoms in total. The molecule has 0 aliphatic carbocycles. The molecule has 0 saturated heterocycles. The largest absolute Gasteiger partial charge is 0.288 e. The Morgan fingerprint density at radius 3 is 2.47 bits per heavy atom. The van der Waals surface area contributed by atoms with Gasteiger partial charge in [-0.1, -0.05) is 6.07 Å². The second-order valence-corrected chi connectivity index (χ2v) is 7.71. The molecular formula is C11H4Br3FOS. The highest BCUT2D eigenvalue weighted by molar-refractivity contribution is 9.12. The van der Waals surface area contributed by atoms with Crippen molar-refractivity contribution in [1.29, 1.82) is 0 Å². The van der Waals surface area contributed by atoms with Gasteiger partial charge in [0.05, 0.1) is 12.0 Å². The minimum absolute atomic E-state index is 0.194. The molecule has 0 unspecified atom stereocenters. The second kappa shape index (κ2) is 5.30. The van der Waals surface area contributed by atoms with Crippen molar-refractivity contribution in [3.63, 3.8) is 0 Å². The molecule has 0 aliphatic rings. The summed E-state index contributed by atoms with van der Waals surface area (Å²) in [4.78, 5) is 12.2. The van der Waals surface area contributed by atoms with Gasteiger partial charge in [0.2, 0.25) is 0 Å². The van der Waals surface area contributed by atoms with E-state index in [2.05, 4.69) is 47.8 Å². The van der Waals surface area contributed by atoms with Crippen molar-refractivity contribution in [3.05, 3.63) is 53.3 Å². The third kappa shape index (κ3) is 2.70. The van der Waals surface area contributed by atoms with Crippen LogP contribution in [0.3, 0.4) is 0 Å². The van der Waals surface area contributed by atoms with Crippen LogP contribution in [0.1, 0.15) is 15.9 Å². The van der Waals surface area contributed by atoms with Gasteiger partial charge in [-0.15, -0.1) is 11.3 Å². The molecule has 1 aromatic heterocycles. The van der Waals surface area contributed by atoms with Gasteiger partial charge in [0.1, 0.15) is 5.82 Å². The molecule has 1 heterocycles. The first-order valence-corrected chi connectivity index (χ1v) is 7.64. The highest BCUT2D eigenvalue weighted by atomic mass is 79.9. The Morgan fingerprint density at radius 1 is 1.18 bits per heavy atom. The highest BCUT2D eigenvalue weighted by Crippen LogP contribution is 2.34. The summed E-state index contributed by atoms with van der Waals surface area (Å²) in [5.41, 5.74) is 0.837. The first-order chi connectivity index (χ1) is 8.00. The molecule has 1 aromatic carbocycles. The topological polar surface area (TPSA) is 17.1 Å². The van der Waals surface area contributed by atoms with E-state index in [9.17, 15) is 9.18 Å². The smallest absolute Gasteiger partial charge is 0.196 e. The number of hydrogen-bond donors (Lipinski definition) is 0. The van der Waals surface area contributed by atoms with E-state index in [4.69, 9.17) is 0 Å². The van der Waals surface area contributed by atoms with Crippen LogP contribution in [0.5, 0.6) is 0 Å². The summed E-state index contributed by atoms with van der Waals surface area (Å²) >= 11 is 11.1. The van der Waals surface area contributed by atoms with Crippen molar-refractivity contribution in [2.75, 3.05) is 0 Å². The number of ketones is 1. The monoisotopic (exact) mass is 440 g/mol. The van der Waals surface area contributed by atoms with Crippen LogP contribution in [-0.4, -0.2) is 5.78 Å². The fourth-order valence-corrected chi connectivity index (χ4v) is 4.56. The average molecular weight is 443 g/mol. The van der Waals surface area contributed by atoms with Gasteiger partial charge in [-0.25, -0.2) is 4.39 Å². The maximum atomic E-state index is 13.3. The van der Waals surface area contributed by atoms with Crippen LogP contribution < -0.4 is 0 Å². The van der Waals surface area contributed by atoms with Crippen molar-refractivity contribution in [1.82, 2.24) is 0 Å². The zero-order valence-corrected chi connectivity index (χ0v) is 13.7. The normalized spacial score (nSPS) is 10.6. The molecule has 0 radical (unpaired) electrons. The third-order valence-electron chi connectivity index (χ3n) is 2.10. The lowest BCUT2D eigenvalue weighted by Crippen LogP contribution is -2.02. The van der Waals surface area contributed by atoms with Gasteiger partial charge in [-0.3, -0.25) is 4.79 Å². The first kappa shape index (κ1) is 13.4. The van der Waals surface area contributed by atoms with Gasteiger partial charge >= 0.3 is 0 Å². The van der Waals surface area contributed by atoms with Crippen molar-refractivity contribution < 1.29 is 9.18 Å². The first-order valence-electron chi connectivity index (χ1n) is 4.44. The molecule has 0 amide bonds. The molecule has 0 bridgehead atoms. The fraction of sp³-hybridized carbons (Fsp3) is 0. The molecule has 2 rings (SSSR count). The Bertz CT molecular complexity index is 594. The molecule has 0 N–H and O–H groups in total. The Balaban J connectivity index is 2.51. The van der Waals surface area contributed by atoms with E-state index in [0.29, 0.717) is 11.1 Å². The maximum Gasteiger partial charge on any atom is 0.196 e. The summed E-state index contributed by atoms with van der Waals surface area (Å²) in [5.74, 6) is -0.661. The van der Waals surface area contributed by atoms with Gasteiger partial charge in [0, 0.05) is 11.1 Å². The minimum Gasteiger partial charge on any atom is -0.288 e. The van der Waals surface area contributed by atoms with E-state index in [1.54, 1.807) is 12.1 Å².